The van der Waals surface area contributed by atoms with Crippen molar-refractivity contribution in [3.8, 4) is 0 Å². The molecule has 1 unspecified atom stereocenters. The van der Waals surface area contributed by atoms with Crippen molar-refractivity contribution in [1.29, 1.82) is 0 Å². The molecule has 96 valence electrons. The molecule has 1 N–H and O–H groups in total. The monoisotopic (exact) mass is 299 g/mol. The minimum absolute atomic E-state index is 0.232. The van der Waals surface area contributed by atoms with Gasteiger partial charge in [0.2, 0.25) is 0 Å². The minimum atomic E-state index is 0.232. The van der Waals surface area contributed by atoms with Gasteiger partial charge in [-0.25, -0.2) is 0 Å². The first-order chi connectivity index (χ1) is 8.70. The van der Waals surface area contributed by atoms with Gasteiger partial charge in [-0.2, -0.15) is 11.3 Å². The van der Waals surface area contributed by atoms with Crippen molar-refractivity contribution in [2.75, 3.05) is 7.05 Å². The lowest BCUT2D eigenvalue weighted by molar-refractivity contribution is 0.550. The highest BCUT2D eigenvalue weighted by molar-refractivity contribution is 7.07. The van der Waals surface area contributed by atoms with E-state index in [-0.39, 0.29) is 6.04 Å². The zero-order valence-corrected chi connectivity index (χ0v) is 12.4. The summed E-state index contributed by atoms with van der Waals surface area (Å²) in [6.07, 6.45) is 2.05. The first-order valence-electron chi connectivity index (χ1n) is 5.84. The Bertz CT molecular complexity index is 497. The van der Waals surface area contributed by atoms with E-state index in [4.69, 9.17) is 23.2 Å². The minimum Gasteiger partial charge on any atom is -0.313 e. The van der Waals surface area contributed by atoms with Crippen molar-refractivity contribution in [3.05, 3.63) is 56.2 Å². The second-order valence-corrected chi connectivity index (χ2v) is 5.80. The maximum Gasteiger partial charge on any atom is 0.0454 e. The van der Waals surface area contributed by atoms with E-state index in [0.717, 1.165) is 28.5 Å². The third kappa shape index (κ3) is 3.48. The summed E-state index contributed by atoms with van der Waals surface area (Å²) in [5.74, 6) is 0. The van der Waals surface area contributed by atoms with Gasteiger partial charge in [0.25, 0.3) is 0 Å². The summed E-state index contributed by atoms with van der Waals surface area (Å²) in [4.78, 5) is 0. The summed E-state index contributed by atoms with van der Waals surface area (Å²) >= 11 is 14.0. The summed E-state index contributed by atoms with van der Waals surface area (Å²) in [6.45, 7) is 0. The van der Waals surface area contributed by atoms with Gasteiger partial charge in [-0.15, -0.1) is 0 Å². The Morgan fingerprint density at radius 3 is 2.78 bits per heavy atom. The van der Waals surface area contributed by atoms with Crippen LogP contribution in [0.15, 0.2) is 35.0 Å². The summed E-state index contributed by atoms with van der Waals surface area (Å²) < 4.78 is 0. The SMILES string of the molecule is CNC(CCc1ccsc1)c1cc(Cl)ccc1Cl. The van der Waals surface area contributed by atoms with Crippen LogP contribution >= 0.6 is 34.5 Å². The van der Waals surface area contributed by atoms with Gasteiger partial charge < -0.3 is 5.32 Å². The van der Waals surface area contributed by atoms with Crippen LogP contribution in [0.5, 0.6) is 0 Å². The van der Waals surface area contributed by atoms with Gasteiger partial charge in [-0.05, 0) is 66.0 Å². The number of thiophene rings is 1. The number of aryl methyl sites for hydroxylation is 1. The number of hydrogen-bond donors (Lipinski definition) is 1. The summed E-state index contributed by atoms with van der Waals surface area (Å²) in [5, 5.41) is 9.10. The van der Waals surface area contributed by atoms with E-state index >= 15 is 0 Å². The van der Waals surface area contributed by atoms with Crippen molar-refractivity contribution < 1.29 is 0 Å². The second kappa shape index (κ2) is 6.58. The van der Waals surface area contributed by atoms with Gasteiger partial charge in [-0.3, -0.25) is 0 Å². The molecule has 0 bridgehead atoms. The van der Waals surface area contributed by atoms with Gasteiger partial charge in [0, 0.05) is 16.1 Å². The molecule has 0 aliphatic heterocycles. The molecule has 18 heavy (non-hydrogen) atoms. The lowest BCUT2D eigenvalue weighted by Crippen LogP contribution is -2.17. The van der Waals surface area contributed by atoms with Crippen molar-refractivity contribution in [3.63, 3.8) is 0 Å². The Morgan fingerprint density at radius 2 is 2.11 bits per heavy atom. The predicted octanol–water partition coefficient (Wildman–Crippen LogP) is 4.95. The molecule has 0 amide bonds. The van der Waals surface area contributed by atoms with Crippen molar-refractivity contribution in [1.82, 2.24) is 5.32 Å². The Balaban J connectivity index is 2.10. The normalized spacial score (nSPS) is 12.6. The Labute approximate surface area is 122 Å². The first kappa shape index (κ1) is 13.9. The fourth-order valence-electron chi connectivity index (χ4n) is 1.98. The smallest absolute Gasteiger partial charge is 0.0454 e. The second-order valence-electron chi connectivity index (χ2n) is 4.18. The Kier molecular flexibility index (Phi) is 5.07. The van der Waals surface area contributed by atoms with Crippen LogP contribution in [0.1, 0.15) is 23.6 Å². The molecule has 0 aliphatic carbocycles. The highest BCUT2D eigenvalue weighted by Gasteiger charge is 2.13. The van der Waals surface area contributed by atoms with Crippen LogP contribution in [-0.2, 0) is 6.42 Å². The van der Waals surface area contributed by atoms with Crippen molar-refractivity contribution in [2.45, 2.75) is 18.9 Å². The van der Waals surface area contributed by atoms with Crippen molar-refractivity contribution >= 4 is 34.5 Å². The quantitative estimate of drug-likeness (QED) is 0.824. The maximum absolute atomic E-state index is 6.23. The molecular formula is C14H15Cl2NS. The number of halogens is 2. The molecule has 4 heteroatoms. The third-order valence-corrected chi connectivity index (χ3v) is 4.30. The van der Waals surface area contributed by atoms with E-state index in [1.54, 1.807) is 11.3 Å². The Hall–Kier alpha value is -0.540. The number of benzene rings is 1. The largest absolute Gasteiger partial charge is 0.313 e. The van der Waals surface area contributed by atoms with E-state index in [1.807, 2.05) is 25.2 Å². The van der Waals surface area contributed by atoms with E-state index < -0.39 is 0 Å². The average Bonchev–Trinajstić information content (AvgIpc) is 2.87. The fraction of sp³-hybridized carbons (Fsp3) is 0.286. The van der Waals surface area contributed by atoms with E-state index in [2.05, 4.69) is 22.1 Å². The molecule has 0 saturated carbocycles. The zero-order chi connectivity index (χ0) is 13.0. The summed E-state index contributed by atoms with van der Waals surface area (Å²) in [5.41, 5.74) is 2.44. The Morgan fingerprint density at radius 1 is 1.28 bits per heavy atom. The molecule has 0 fully saturated rings. The standard InChI is InChI=1S/C14H15Cl2NS/c1-17-14(5-2-10-6-7-18-9-10)12-8-11(15)3-4-13(12)16/h3-4,6-9,14,17H,2,5H2,1H3. The topological polar surface area (TPSA) is 12.0 Å². The number of nitrogens with one attached hydrogen (secondary N) is 1. The molecule has 2 aromatic rings. The summed E-state index contributed by atoms with van der Waals surface area (Å²) in [6, 6.07) is 8.01. The molecular weight excluding hydrogens is 285 g/mol. The fourth-order valence-corrected chi connectivity index (χ4v) is 3.12. The molecule has 1 heterocycles. The van der Waals surface area contributed by atoms with Crippen LogP contribution in [0.2, 0.25) is 10.0 Å². The molecule has 0 aliphatic rings. The molecule has 2 rings (SSSR count). The van der Waals surface area contributed by atoms with Gasteiger partial charge in [0.1, 0.15) is 0 Å². The molecule has 0 radical (unpaired) electrons. The van der Waals surface area contributed by atoms with Crippen LogP contribution in [-0.4, -0.2) is 7.05 Å². The van der Waals surface area contributed by atoms with E-state index in [9.17, 15) is 0 Å². The third-order valence-electron chi connectivity index (χ3n) is 2.98. The van der Waals surface area contributed by atoms with Gasteiger partial charge in [-0.1, -0.05) is 23.2 Å². The number of hydrogen-bond acceptors (Lipinski definition) is 2. The van der Waals surface area contributed by atoms with Crippen LogP contribution in [0, 0.1) is 0 Å². The van der Waals surface area contributed by atoms with Crippen molar-refractivity contribution in [2.24, 2.45) is 0 Å². The molecule has 0 spiro atoms. The van der Waals surface area contributed by atoms with E-state index in [1.165, 1.54) is 5.56 Å². The highest BCUT2D eigenvalue weighted by Crippen LogP contribution is 2.29. The van der Waals surface area contributed by atoms with Crippen LogP contribution in [0.3, 0.4) is 0 Å². The van der Waals surface area contributed by atoms with Gasteiger partial charge >= 0.3 is 0 Å². The number of rotatable bonds is 5. The summed E-state index contributed by atoms with van der Waals surface area (Å²) in [7, 11) is 1.95. The first-order valence-corrected chi connectivity index (χ1v) is 7.54. The van der Waals surface area contributed by atoms with Crippen LogP contribution in [0.25, 0.3) is 0 Å². The molecule has 0 saturated heterocycles. The zero-order valence-electron chi connectivity index (χ0n) is 10.1. The predicted molar refractivity (Wildman–Crippen MR) is 80.9 cm³/mol. The highest BCUT2D eigenvalue weighted by atomic mass is 35.5. The lowest BCUT2D eigenvalue weighted by Gasteiger charge is -2.18. The van der Waals surface area contributed by atoms with Gasteiger partial charge in [0.15, 0.2) is 0 Å². The van der Waals surface area contributed by atoms with Crippen LogP contribution < -0.4 is 5.32 Å². The molecule has 1 aromatic carbocycles. The average molecular weight is 300 g/mol. The van der Waals surface area contributed by atoms with E-state index in [0.29, 0.717) is 0 Å². The van der Waals surface area contributed by atoms with Crippen LogP contribution in [0.4, 0.5) is 0 Å². The molecule has 1 aromatic heterocycles. The molecule has 1 nitrogen and oxygen atoms in total. The maximum atomic E-state index is 6.23. The van der Waals surface area contributed by atoms with Gasteiger partial charge in [0.05, 0.1) is 0 Å². The lowest BCUT2D eigenvalue weighted by atomic mass is 10.0. The molecule has 1 atom stereocenters.